The number of nitrogens with one attached hydrogen (secondary N) is 3. The summed E-state index contributed by atoms with van der Waals surface area (Å²) in [6.07, 6.45) is 8.75. The molecule has 4 heterocycles. The van der Waals surface area contributed by atoms with Crippen LogP contribution in [0.4, 0.5) is 9.93 Å². The fraction of sp³-hybridized carbons (Fsp3) is 0.526. The SMILES string of the molecule is CCNc1nc(-c2cc(O[C@@H]3CC4C(=O)N[C@]5(C(=O)O)C[C@@H]5/C=C\CCCCC[C@H](NC(=O)OC5CCC5)C(=O)N4C3)c3ccc(OC)cc3n2)cs1. The first kappa shape index (κ1) is 36.4. The summed E-state index contributed by atoms with van der Waals surface area (Å²) in [6.45, 7) is 2.75. The Hall–Kier alpha value is -4.92. The normalized spacial score (nSPS) is 26.9. The quantitative estimate of drug-likeness (QED) is 0.209. The molecule has 1 saturated heterocycles. The summed E-state index contributed by atoms with van der Waals surface area (Å²) in [5, 5.41) is 22.4. The highest BCUT2D eigenvalue weighted by Crippen LogP contribution is 2.45. The van der Waals surface area contributed by atoms with Gasteiger partial charge in [-0.05, 0) is 64.0 Å². The number of pyridine rings is 1. The lowest BCUT2D eigenvalue weighted by Crippen LogP contribution is -2.56. The second kappa shape index (κ2) is 15.6. The molecular weight excluding hydrogens is 701 g/mol. The molecular formula is C38H46N6O8S. The van der Waals surface area contributed by atoms with Crippen LogP contribution >= 0.6 is 11.3 Å². The van der Waals surface area contributed by atoms with Gasteiger partial charge in [-0.3, -0.25) is 9.59 Å². The van der Waals surface area contributed by atoms with Crippen LogP contribution in [0.1, 0.15) is 71.1 Å². The average Bonchev–Trinajstić information content (AvgIpc) is 3.41. The Morgan fingerprint density at radius 2 is 1.92 bits per heavy atom. The first-order chi connectivity index (χ1) is 25.7. The number of carboxylic acids is 1. The average molecular weight is 747 g/mol. The molecule has 1 unspecified atom stereocenters. The molecule has 2 aliphatic carbocycles. The zero-order valence-corrected chi connectivity index (χ0v) is 30.8. The highest BCUT2D eigenvalue weighted by Gasteiger charge is 2.61. The number of thiazole rings is 1. The number of amides is 3. The second-order valence-electron chi connectivity index (χ2n) is 14.2. The van der Waals surface area contributed by atoms with Crippen molar-refractivity contribution in [2.24, 2.45) is 5.92 Å². The number of alkyl carbamates (subject to hydrolysis) is 1. The van der Waals surface area contributed by atoms with E-state index in [9.17, 15) is 24.3 Å². The molecule has 0 radical (unpaired) electrons. The number of anilines is 1. The monoisotopic (exact) mass is 746 g/mol. The van der Waals surface area contributed by atoms with Crippen LogP contribution < -0.4 is 25.4 Å². The summed E-state index contributed by atoms with van der Waals surface area (Å²) in [5.74, 6) is -1.37. The van der Waals surface area contributed by atoms with Crippen LogP contribution in [-0.4, -0.2) is 93.9 Å². The number of carbonyl (C=O) groups is 4. The van der Waals surface area contributed by atoms with E-state index >= 15 is 0 Å². The van der Waals surface area contributed by atoms with Gasteiger partial charge in [0, 0.05) is 41.8 Å². The number of carboxylic acid groups (broad SMARTS) is 1. The third kappa shape index (κ3) is 7.90. The third-order valence-electron chi connectivity index (χ3n) is 10.6. The largest absolute Gasteiger partial charge is 0.497 e. The van der Waals surface area contributed by atoms with Gasteiger partial charge >= 0.3 is 12.1 Å². The molecule has 3 aromatic rings. The predicted molar refractivity (Wildman–Crippen MR) is 198 cm³/mol. The molecule has 7 rings (SSSR count). The Bertz CT molecular complexity index is 1900. The smallest absolute Gasteiger partial charge is 0.408 e. The molecule has 282 valence electrons. The predicted octanol–water partition coefficient (Wildman–Crippen LogP) is 5.27. The van der Waals surface area contributed by atoms with Crippen LogP contribution in [0, 0.1) is 5.92 Å². The maximum atomic E-state index is 14.5. The lowest BCUT2D eigenvalue weighted by atomic mass is 9.96. The van der Waals surface area contributed by atoms with Crippen LogP contribution in [-0.2, 0) is 19.1 Å². The molecule has 2 aliphatic heterocycles. The standard InChI is InChI=1S/C38H46N6O8S/c1-3-39-36-41-30(21-53-36)29-18-32(26-15-14-24(50-2)16-28(26)40-29)51-25-17-31-33(45)43-38(35(47)48)19-22(38)10-7-5-4-6-8-13-27(34(46)44(31)20-25)42-37(49)52-23-11-9-12-23/h7,10,14-16,18,21-23,25,27,31H,3-6,8-9,11-13,17,19-20H2,1-2H3,(H,39,41)(H,42,49)(H,43,45)(H,47,48)/b10-7-/t22-,25+,27-,31?,38+/m0/s1. The fourth-order valence-corrected chi connectivity index (χ4v) is 8.07. The van der Waals surface area contributed by atoms with Gasteiger partial charge < -0.3 is 40.2 Å². The van der Waals surface area contributed by atoms with Gasteiger partial charge in [-0.15, -0.1) is 11.3 Å². The second-order valence-corrected chi connectivity index (χ2v) is 15.1. The number of benzene rings is 1. The van der Waals surface area contributed by atoms with Crippen molar-refractivity contribution in [1.82, 2.24) is 25.5 Å². The van der Waals surface area contributed by atoms with Crippen LogP contribution in [0.2, 0.25) is 0 Å². The number of nitrogens with zero attached hydrogens (tertiary/aromatic N) is 3. The number of hydrogen-bond acceptors (Lipinski definition) is 11. The van der Waals surface area contributed by atoms with Gasteiger partial charge in [0.05, 0.1) is 24.9 Å². The lowest BCUT2D eigenvalue weighted by molar-refractivity contribution is -0.145. The number of aromatic nitrogens is 2. The number of hydrogen-bond donors (Lipinski definition) is 4. The molecule has 0 spiro atoms. The molecule has 2 saturated carbocycles. The summed E-state index contributed by atoms with van der Waals surface area (Å²) in [4.78, 5) is 65.1. The zero-order valence-electron chi connectivity index (χ0n) is 30.0. The number of ether oxygens (including phenoxy) is 3. The minimum atomic E-state index is -1.44. The Labute approximate surface area is 311 Å². The van der Waals surface area contributed by atoms with E-state index in [4.69, 9.17) is 19.2 Å². The Balaban J connectivity index is 1.20. The molecule has 0 bridgehead atoms. The van der Waals surface area contributed by atoms with E-state index in [1.807, 2.05) is 42.7 Å². The Morgan fingerprint density at radius 3 is 2.68 bits per heavy atom. The minimum Gasteiger partial charge on any atom is -0.497 e. The first-order valence-corrected chi connectivity index (χ1v) is 19.4. The van der Waals surface area contributed by atoms with Gasteiger partial charge in [0.1, 0.15) is 47.0 Å². The Morgan fingerprint density at radius 1 is 1.08 bits per heavy atom. The minimum absolute atomic E-state index is 0.0345. The number of fused-ring (bicyclic) bond motifs is 3. The van der Waals surface area contributed by atoms with Crippen molar-refractivity contribution in [1.29, 1.82) is 0 Å². The topological polar surface area (TPSA) is 181 Å². The molecule has 53 heavy (non-hydrogen) atoms. The van der Waals surface area contributed by atoms with E-state index < -0.39 is 47.6 Å². The molecule has 2 aromatic heterocycles. The third-order valence-corrected chi connectivity index (χ3v) is 11.4. The highest BCUT2D eigenvalue weighted by molar-refractivity contribution is 7.14. The van der Waals surface area contributed by atoms with E-state index in [2.05, 4.69) is 20.9 Å². The number of rotatable bonds is 9. The van der Waals surface area contributed by atoms with Crippen LogP contribution in [0.15, 0.2) is 41.8 Å². The highest BCUT2D eigenvalue weighted by atomic mass is 32.1. The van der Waals surface area contributed by atoms with Gasteiger partial charge in [0.15, 0.2) is 5.13 Å². The fourth-order valence-electron chi connectivity index (χ4n) is 7.30. The van der Waals surface area contributed by atoms with E-state index in [0.717, 1.165) is 50.2 Å². The van der Waals surface area contributed by atoms with E-state index in [1.165, 1.54) is 16.2 Å². The van der Waals surface area contributed by atoms with Crippen molar-refractivity contribution < 1.29 is 38.5 Å². The van der Waals surface area contributed by atoms with Crippen LogP contribution in [0.3, 0.4) is 0 Å². The van der Waals surface area contributed by atoms with Gasteiger partial charge in [0.25, 0.3) is 0 Å². The van der Waals surface area contributed by atoms with Crippen molar-refractivity contribution in [2.75, 3.05) is 25.5 Å². The van der Waals surface area contributed by atoms with E-state index in [-0.39, 0.29) is 31.4 Å². The molecule has 3 fully saturated rings. The van der Waals surface area contributed by atoms with Crippen molar-refractivity contribution >= 4 is 51.2 Å². The maximum absolute atomic E-state index is 14.5. The van der Waals surface area contributed by atoms with Crippen molar-refractivity contribution in [3.8, 4) is 22.9 Å². The summed E-state index contributed by atoms with van der Waals surface area (Å²) in [5.41, 5.74) is 0.402. The Kier molecular flexibility index (Phi) is 10.7. The van der Waals surface area contributed by atoms with Gasteiger partial charge in [0.2, 0.25) is 11.8 Å². The van der Waals surface area contributed by atoms with Crippen LogP contribution in [0.25, 0.3) is 22.3 Å². The van der Waals surface area contributed by atoms with Crippen molar-refractivity contribution in [3.05, 3.63) is 41.8 Å². The lowest BCUT2D eigenvalue weighted by Gasteiger charge is -2.30. The maximum Gasteiger partial charge on any atom is 0.408 e. The molecule has 4 N–H and O–H groups in total. The van der Waals surface area contributed by atoms with Gasteiger partial charge in [-0.2, -0.15) is 0 Å². The van der Waals surface area contributed by atoms with Crippen molar-refractivity contribution in [3.63, 3.8) is 0 Å². The number of methoxy groups -OCH3 is 1. The number of carbonyl (C=O) groups excluding carboxylic acids is 3. The molecule has 14 nitrogen and oxygen atoms in total. The summed E-state index contributed by atoms with van der Waals surface area (Å²) in [6, 6.07) is 5.30. The van der Waals surface area contributed by atoms with Gasteiger partial charge in [-0.1, -0.05) is 25.0 Å². The molecule has 5 atom stereocenters. The van der Waals surface area contributed by atoms with Crippen LogP contribution in [0.5, 0.6) is 11.5 Å². The van der Waals surface area contributed by atoms with Crippen molar-refractivity contribution in [2.45, 2.75) is 101 Å². The molecule has 1 aromatic carbocycles. The van der Waals surface area contributed by atoms with E-state index in [0.29, 0.717) is 46.6 Å². The first-order valence-electron chi connectivity index (χ1n) is 18.5. The molecule has 4 aliphatic rings. The van der Waals surface area contributed by atoms with E-state index in [1.54, 1.807) is 13.2 Å². The summed E-state index contributed by atoms with van der Waals surface area (Å²) in [7, 11) is 1.58. The molecule has 3 amide bonds. The zero-order chi connectivity index (χ0) is 37.1. The van der Waals surface area contributed by atoms with Gasteiger partial charge in [-0.25, -0.2) is 19.6 Å². The summed E-state index contributed by atoms with van der Waals surface area (Å²) < 4.78 is 17.7. The summed E-state index contributed by atoms with van der Waals surface area (Å²) >= 11 is 1.46. The number of aliphatic carboxylic acids is 1. The molecule has 15 heteroatoms. The number of allylic oxidation sites excluding steroid dienone is 1.